The average Bonchev–Trinajstić information content (AvgIpc) is 2.75. The Labute approximate surface area is 123 Å². The van der Waals surface area contributed by atoms with Gasteiger partial charge in [0.2, 0.25) is 0 Å². The lowest BCUT2D eigenvalue weighted by atomic mass is 9.96. The second-order valence-electron chi connectivity index (χ2n) is 7.04. The van der Waals surface area contributed by atoms with Crippen molar-refractivity contribution in [3.63, 3.8) is 0 Å². The van der Waals surface area contributed by atoms with Crippen molar-refractivity contribution in [1.82, 2.24) is 15.1 Å². The van der Waals surface area contributed by atoms with Gasteiger partial charge in [0.05, 0.1) is 6.04 Å². The van der Waals surface area contributed by atoms with Crippen LogP contribution in [0.15, 0.2) is 0 Å². The Kier molecular flexibility index (Phi) is 5.30. The number of hydrogen-bond donors (Lipinski definition) is 1. The quantitative estimate of drug-likeness (QED) is 0.840. The molecule has 2 fully saturated rings. The topological polar surface area (TPSA) is 35.6 Å². The zero-order chi connectivity index (χ0) is 14.7. The maximum absolute atomic E-state index is 12.6. The highest BCUT2D eigenvalue weighted by atomic mass is 16.2. The van der Waals surface area contributed by atoms with Crippen LogP contribution in [-0.4, -0.2) is 54.1 Å². The van der Waals surface area contributed by atoms with E-state index in [1.807, 2.05) is 0 Å². The minimum atomic E-state index is 0.252. The monoisotopic (exact) mass is 281 g/mol. The Morgan fingerprint density at radius 2 is 2.05 bits per heavy atom. The molecule has 0 aromatic carbocycles. The van der Waals surface area contributed by atoms with Gasteiger partial charge in [-0.05, 0) is 58.0 Å². The predicted molar refractivity (Wildman–Crippen MR) is 82.8 cm³/mol. The van der Waals surface area contributed by atoms with Gasteiger partial charge in [0, 0.05) is 19.1 Å². The zero-order valence-corrected chi connectivity index (χ0v) is 13.6. The third-order valence-electron chi connectivity index (χ3n) is 4.79. The van der Waals surface area contributed by atoms with Crippen molar-refractivity contribution >= 4 is 6.03 Å². The fourth-order valence-corrected chi connectivity index (χ4v) is 3.53. The largest absolute Gasteiger partial charge is 0.323 e. The van der Waals surface area contributed by atoms with Gasteiger partial charge in [0.1, 0.15) is 0 Å². The summed E-state index contributed by atoms with van der Waals surface area (Å²) in [6, 6.07) is 0.936. The van der Waals surface area contributed by atoms with Gasteiger partial charge in [-0.2, -0.15) is 0 Å². The van der Waals surface area contributed by atoms with E-state index in [1.165, 1.54) is 12.8 Å². The number of amides is 2. The first-order chi connectivity index (χ1) is 9.50. The summed E-state index contributed by atoms with van der Waals surface area (Å²) in [6.45, 7) is 12.8. The minimum absolute atomic E-state index is 0.252. The molecular weight excluding hydrogens is 250 g/mol. The summed E-state index contributed by atoms with van der Waals surface area (Å²) in [5, 5.41) is 3.46. The lowest BCUT2D eigenvalue weighted by Gasteiger charge is -2.29. The Morgan fingerprint density at radius 1 is 1.30 bits per heavy atom. The lowest BCUT2D eigenvalue weighted by molar-refractivity contribution is 0.161. The second kappa shape index (κ2) is 6.79. The molecule has 2 aliphatic heterocycles. The number of urea groups is 1. The van der Waals surface area contributed by atoms with E-state index in [2.05, 4.69) is 42.8 Å². The minimum Gasteiger partial charge on any atom is -0.323 e. The first kappa shape index (κ1) is 15.6. The van der Waals surface area contributed by atoms with Crippen LogP contribution in [0, 0.1) is 11.8 Å². The average molecular weight is 281 g/mol. The van der Waals surface area contributed by atoms with Crippen LogP contribution < -0.4 is 5.32 Å². The summed E-state index contributed by atoms with van der Waals surface area (Å²) in [6.07, 6.45) is 3.75. The molecule has 2 atom stereocenters. The fraction of sp³-hybridized carbons (Fsp3) is 0.938. The third-order valence-corrected chi connectivity index (χ3v) is 4.79. The number of carbonyl (C=O) groups is 1. The molecule has 2 aliphatic rings. The number of hydrogen-bond acceptors (Lipinski definition) is 2. The van der Waals surface area contributed by atoms with Crippen LogP contribution in [0.3, 0.4) is 0 Å². The van der Waals surface area contributed by atoms with Crippen LogP contribution in [0.2, 0.25) is 0 Å². The Bertz CT molecular complexity index is 324. The van der Waals surface area contributed by atoms with Crippen LogP contribution in [0.5, 0.6) is 0 Å². The van der Waals surface area contributed by atoms with Gasteiger partial charge in [-0.15, -0.1) is 0 Å². The van der Waals surface area contributed by atoms with Gasteiger partial charge in [-0.1, -0.05) is 13.8 Å². The number of rotatable bonds is 5. The van der Waals surface area contributed by atoms with Gasteiger partial charge in [-0.3, -0.25) is 0 Å². The van der Waals surface area contributed by atoms with E-state index in [0.717, 1.165) is 38.5 Å². The van der Waals surface area contributed by atoms with E-state index < -0.39 is 0 Å². The standard InChI is InChI=1S/C16H31N3O/c1-12(2)15-11-18(16(20)19(15)13(3)4)9-7-14-6-5-8-17-10-14/h12-15,17H,5-11H2,1-4H3. The highest BCUT2D eigenvalue weighted by Gasteiger charge is 2.39. The predicted octanol–water partition coefficient (Wildman–Crippen LogP) is 2.55. The molecule has 4 nitrogen and oxygen atoms in total. The van der Waals surface area contributed by atoms with Gasteiger partial charge in [0.15, 0.2) is 0 Å². The Hall–Kier alpha value is -0.770. The fourth-order valence-electron chi connectivity index (χ4n) is 3.53. The van der Waals surface area contributed by atoms with Crippen LogP contribution in [0.1, 0.15) is 47.0 Å². The van der Waals surface area contributed by atoms with Crippen molar-refractivity contribution in [2.24, 2.45) is 11.8 Å². The maximum atomic E-state index is 12.6. The van der Waals surface area contributed by atoms with Crippen LogP contribution in [0.4, 0.5) is 4.79 Å². The summed E-state index contributed by atoms with van der Waals surface area (Å²) in [4.78, 5) is 16.7. The van der Waals surface area contributed by atoms with E-state index >= 15 is 0 Å². The summed E-state index contributed by atoms with van der Waals surface area (Å²) in [5.41, 5.74) is 0. The molecule has 2 unspecified atom stereocenters. The molecule has 2 saturated heterocycles. The number of nitrogens with one attached hydrogen (secondary N) is 1. The van der Waals surface area contributed by atoms with E-state index in [-0.39, 0.29) is 6.03 Å². The first-order valence-corrected chi connectivity index (χ1v) is 8.28. The molecule has 116 valence electrons. The van der Waals surface area contributed by atoms with Crippen molar-refractivity contribution in [3.8, 4) is 0 Å². The zero-order valence-electron chi connectivity index (χ0n) is 13.6. The van der Waals surface area contributed by atoms with Crippen molar-refractivity contribution in [3.05, 3.63) is 0 Å². The van der Waals surface area contributed by atoms with Crippen molar-refractivity contribution in [1.29, 1.82) is 0 Å². The van der Waals surface area contributed by atoms with E-state index in [0.29, 0.717) is 18.0 Å². The molecule has 2 amide bonds. The molecule has 0 saturated carbocycles. The van der Waals surface area contributed by atoms with E-state index in [1.54, 1.807) is 0 Å². The van der Waals surface area contributed by atoms with Crippen molar-refractivity contribution < 1.29 is 4.79 Å². The number of carbonyl (C=O) groups excluding carboxylic acids is 1. The smallest absolute Gasteiger partial charge is 0.320 e. The molecule has 0 aliphatic carbocycles. The third kappa shape index (κ3) is 3.46. The Balaban J connectivity index is 1.90. The molecule has 0 bridgehead atoms. The highest BCUT2D eigenvalue weighted by molar-refractivity contribution is 5.77. The Morgan fingerprint density at radius 3 is 2.55 bits per heavy atom. The first-order valence-electron chi connectivity index (χ1n) is 8.28. The molecule has 1 N–H and O–H groups in total. The molecule has 2 heterocycles. The molecule has 0 spiro atoms. The molecular formula is C16H31N3O. The van der Waals surface area contributed by atoms with Crippen LogP contribution in [0.25, 0.3) is 0 Å². The lowest BCUT2D eigenvalue weighted by Crippen LogP contribution is -2.42. The van der Waals surface area contributed by atoms with Gasteiger partial charge >= 0.3 is 6.03 Å². The van der Waals surface area contributed by atoms with Crippen LogP contribution in [-0.2, 0) is 0 Å². The van der Waals surface area contributed by atoms with E-state index in [9.17, 15) is 4.79 Å². The van der Waals surface area contributed by atoms with Gasteiger partial charge in [0.25, 0.3) is 0 Å². The summed E-state index contributed by atoms with van der Waals surface area (Å²) < 4.78 is 0. The molecule has 0 radical (unpaired) electrons. The maximum Gasteiger partial charge on any atom is 0.320 e. The number of piperidine rings is 1. The van der Waals surface area contributed by atoms with E-state index in [4.69, 9.17) is 0 Å². The SMILES string of the molecule is CC(C)C1CN(CCC2CCCNC2)C(=O)N1C(C)C. The van der Waals surface area contributed by atoms with Gasteiger partial charge < -0.3 is 15.1 Å². The highest BCUT2D eigenvalue weighted by Crippen LogP contribution is 2.25. The van der Waals surface area contributed by atoms with Gasteiger partial charge in [-0.25, -0.2) is 4.79 Å². The normalized spacial score (nSPS) is 28.0. The van der Waals surface area contributed by atoms with Crippen molar-refractivity contribution in [2.45, 2.75) is 59.0 Å². The molecule has 0 aromatic rings. The van der Waals surface area contributed by atoms with Crippen LogP contribution >= 0.6 is 0 Å². The molecule has 0 aromatic heterocycles. The molecule has 2 rings (SSSR count). The van der Waals surface area contributed by atoms with Crippen molar-refractivity contribution in [2.75, 3.05) is 26.2 Å². The molecule has 20 heavy (non-hydrogen) atoms. The summed E-state index contributed by atoms with van der Waals surface area (Å²) >= 11 is 0. The molecule has 4 heteroatoms. The second-order valence-corrected chi connectivity index (χ2v) is 7.04. The summed E-state index contributed by atoms with van der Waals surface area (Å²) in [7, 11) is 0. The summed E-state index contributed by atoms with van der Waals surface area (Å²) in [5.74, 6) is 1.28. The number of nitrogens with zero attached hydrogens (tertiary/aromatic N) is 2.